The standard InChI is InChI=1S/C10H19NO4/c1-10(2,3)15-9(13)11-8(4-12)7-5-14-6-7/h7-8,12H,4-6H2,1-3H3,(H,11,13). The molecule has 0 aliphatic carbocycles. The molecule has 0 aromatic heterocycles. The molecule has 0 aromatic rings. The fourth-order valence-electron chi connectivity index (χ4n) is 1.26. The maximum absolute atomic E-state index is 11.4. The van der Waals surface area contributed by atoms with E-state index in [2.05, 4.69) is 5.32 Å². The smallest absolute Gasteiger partial charge is 0.407 e. The predicted octanol–water partition coefficient (Wildman–Crippen LogP) is 0.518. The minimum absolute atomic E-state index is 0.0900. The molecule has 5 nitrogen and oxygen atoms in total. The molecule has 1 amide bonds. The van der Waals surface area contributed by atoms with Crippen molar-refractivity contribution >= 4 is 6.09 Å². The molecule has 1 aliphatic rings. The van der Waals surface area contributed by atoms with Crippen LogP contribution in [0.5, 0.6) is 0 Å². The molecular formula is C10H19NO4. The summed E-state index contributed by atoms with van der Waals surface area (Å²) in [6.45, 7) is 6.47. The summed E-state index contributed by atoms with van der Waals surface area (Å²) in [7, 11) is 0. The lowest BCUT2D eigenvalue weighted by Gasteiger charge is -2.33. The molecule has 2 N–H and O–H groups in total. The summed E-state index contributed by atoms with van der Waals surface area (Å²) >= 11 is 0. The number of aliphatic hydroxyl groups is 1. The zero-order chi connectivity index (χ0) is 11.5. The Morgan fingerprint density at radius 1 is 1.60 bits per heavy atom. The minimum Gasteiger partial charge on any atom is -0.444 e. The fourth-order valence-corrected chi connectivity index (χ4v) is 1.26. The van der Waals surface area contributed by atoms with Crippen LogP contribution in [0.25, 0.3) is 0 Å². The summed E-state index contributed by atoms with van der Waals surface area (Å²) in [5.74, 6) is 0.197. The first-order valence-electron chi connectivity index (χ1n) is 5.10. The second-order valence-electron chi connectivity index (χ2n) is 4.73. The number of aliphatic hydroxyl groups excluding tert-OH is 1. The third-order valence-corrected chi connectivity index (χ3v) is 2.13. The van der Waals surface area contributed by atoms with Gasteiger partial charge in [0.1, 0.15) is 5.60 Å². The quantitative estimate of drug-likeness (QED) is 0.723. The molecule has 0 saturated carbocycles. The van der Waals surface area contributed by atoms with Crippen LogP contribution < -0.4 is 5.32 Å². The molecular weight excluding hydrogens is 198 g/mol. The second-order valence-corrected chi connectivity index (χ2v) is 4.73. The maximum atomic E-state index is 11.4. The van der Waals surface area contributed by atoms with E-state index in [4.69, 9.17) is 14.6 Å². The molecule has 1 unspecified atom stereocenters. The van der Waals surface area contributed by atoms with Crippen molar-refractivity contribution in [1.29, 1.82) is 0 Å². The molecule has 0 radical (unpaired) electrons. The number of ether oxygens (including phenoxy) is 2. The zero-order valence-corrected chi connectivity index (χ0v) is 9.45. The predicted molar refractivity (Wildman–Crippen MR) is 54.6 cm³/mol. The van der Waals surface area contributed by atoms with Crippen LogP contribution in [0.4, 0.5) is 4.79 Å². The summed E-state index contributed by atoms with van der Waals surface area (Å²) < 4.78 is 10.1. The number of alkyl carbamates (subject to hydrolysis) is 1. The molecule has 1 fully saturated rings. The van der Waals surface area contributed by atoms with Crippen molar-refractivity contribution in [1.82, 2.24) is 5.32 Å². The Labute approximate surface area is 89.8 Å². The lowest BCUT2D eigenvalue weighted by Crippen LogP contribution is -2.51. The monoisotopic (exact) mass is 217 g/mol. The highest BCUT2D eigenvalue weighted by Gasteiger charge is 2.30. The molecule has 0 bridgehead atoms. The van der Waals surface area contributed by atoms with E-state index in [1.807, 2.05) is 0 Å². The van der Waals surface area contributed by atoms with Gasteiger partial charge in [0.15, 0.2) is 0 Å². The van der Waals surface area contributed by atoms with Crippen LogP contribution in [-0.4, -0.2) is 42.7 Å². The van der Waals surface area contributed by atoms with Crippen molar-refractivity contribution in [3.63, 3.8) is 0 Å². The van der Waals surface area contributed by atoms with Crippen LogP contribution >= 0.6 is 0 Å². The van der Waals surface area contributed by atoms with E-state index in [1.54, 1.807) is 20.8 Å². The molecule has 0 aromatic carbocycles. The van der Waals surface area contributed by atoms with Crippen molar-refractivity contribution in [3.8, 4) is 0 Å². The number of hydrogen-bond donors (Lipinski definition) is 2. The number of rotatable bonds is 3. The molecule has 0 spiro atoms. The Hall–Kier alpha value is -0.810. The van der Waals surface area contributed by atoms with Crippen LogP contribution in [0.15, 0.2) is 0 Å². The van der Waals surface area contributed by atoms with E-state index in [1.165, 1.54) is 0 Å². The number of carbonyl (C=O) groups is 1. The van der Waals surface area contributed by atoms with Gasteiger partial charge in [-0.2, -0.15) is 0 Å². The van der Waals surface area contributed by atoms with Crippen LogP contribution in [0.2, 0.25) is 0 Å². The van der Waals surface area contributed by atoms with Crippen LogP contribution in [0.1, 0.15) is 20.8 Å². The highest BCUT2D eigenvalue weighted by atomic mass is 16.6. The lowest BCUT2D eigenvalue weighted by atomic mass is 9.99. The number of carbonyl (C=O) groups excluding carboxylic acids is 1. The molecule has 1 heterocycles. The molecule has 1 atom stereocenters. The Bertz CT molecular complexity index is 220. The van der Waals surface area contributed by atoms with Gasteiger partial charge in [-0.25, -0.2) is 4.79 Å². The Kier molecular flexibility index (Phi) is 3.93. The molecule has 1 saturated heterocycles. The molecule has 1 aliphatic heterocycles. The SMILES string of the molecule is CC(C)(C)OC(=O)NC(CO)C1COC1. The summed E-state index contributed by atoms with van der Waals surface area (Å²) in [4.78, 5) is 11.4. The molecule has 88 valence electrons. The van der Waals surface area contributed by atoms with E-state index in [0.717, 1.165) is 0 Å². The van der Waals surface area contributed by atoms with E-state index in [9.17, 15) is 4.79 Å². The van der Waals surface area contributed by atoms with Gasteiger partial charge in [0, 0.05) is 5.92 Å². The maximum Gasteiger partial charge on any atom is 0.407 e. The van der Waals surface area contributed by atoms with E-state index in [0.29, 0.717) is 13.2 Å². The van der Waals surface area contributed by atoms with Gasteiger partial charge in [-0.15, -0.1) is 0 Å². The van der Waals surface area contributed by atoms with Crippen LogP contribution in [0.3, 0.4) is 0 Å². The van der Waals surface area contributed by atoms with E-state index < -0.39 is 11.7 Å². The Balaban J connectivity index is 2.34. The van der Waals surface area contributed by atoms with Gasteiger partial charge in [-0.3, -0.25) is 0 Å². The molecule has 15 heavy (non-hydrogen) atoms. The number of nitrogens with one attached hydrogen (secondary N) is 1. The third-order valence-electron chi connectivity index (χ3n) is 2.13. The Morgan fingerprint density at radius 2 is 2.20 bits per heavy atom. The van der Waals surface area contributed by atoms with Crippen LogP contribution in [0, 0.1) is 5.92 Å². The van der Waals surface area contributed by atoms with E-state index >= 15 is 0 Å². The van der Waals surface area contributed by atoms with Gasteiger partial charge in [0.2, 0.25) is 0 Å². The van der Waals surface area contributed by atoms with Gasteiger partial charge in [-0.1, -0.05) is 0 Å². The van der Waals surface area contributed by atoms with Crippen molar-refractivity contribution in [2.45, 2.75) is 32.4 Å². The summed E-state index contributed by atoms with van der Waals surface area (Å²) in [6.07, 6.45) is -0.492. The second kappa shape index (κ2) is 4.81. The Morgan fingerprint density at radius 3 is 2.53 bits per heavy atom. The zero-order valence-electron chi connectivity index (χ0n) is 9.45. The minimum atomic E-state index is -0.514. The number of hydrogen-bond acceptors (Lipinski definition) is 4. The van der Waals surface area contributed by atoms with Gasteiger partial charge in [0.25, 0.3) is 0 Å². The third kappa shape index (κ3) is 4.05. The lowest BCUT2D eigenvalue weighted by molar-refractivity contribution is -0.0587. The van der Waals surface area contributed by atoms with Crippen molar-refractivity contribution in [2.75, 3.05) is 19.8 Å². The van der Waals surface area contributed by atoms with Gasteiger partial charge >= 0.3 is 6.09 Å². The molecule has 1 rings (SSSR count). The topological polar surface area (TPSA) is 67.8 Å². The average molecular weight is 217 g/mol. The first-order valence-corrected chi connectivity index (χ1v) is 5.10. The largest absolute Gasteiger partial charge is 0.444 e. The highest BCUT2D eigenvalue weighted by Crippen LogP contribution is 2.15. The van der Waals surface area contributed by atoms with Gasteiger partial charge in [0.05, 0.1) is 25.9 Å². The summed E-state index contributed by atoms with van der Waals surface area (Å²) in [5.41, 5.74) is -0.514. The fraction of sp³-hybridized carbons (Fsp3) is 0.900. The first-order chi connectivity index (χ1) is 6.92. The van der Waals surface area contributed by atoms with Crippen molar-refractivity contribution in [2.24, 2.45) is 5.92 Å². The van der Waals surface area contributed by atoms with Crippen molar-refractivity contribution in [3.05, 3.63) is 0 Å². The van der Waals surface area contributed by atoms with Gasteiger partial charge in [-0.05, 0) is 20.8 Å². The normalized spacial score (nSPS) is 19.2. The highest BCUT2D eigenvalue weighted by molar-refractivity contribution is 5.68. The number of amides is 1. The van der Waals surface area contributed by atoms with Crippen molar-refractivity contribution < 1.29 is 19.4 Å². The van der Waals surface area contributed by atoms with Crippen LogP contribution in [-0.2, 0) is 9.47 Å². The summed E-state index contributed by atoms with van der Waals surface area (Å²) in [6, 6.07) is -0.270. The summed E-state index contributed by atoms with van der Waals surface area (Å²) in [5, 5.41) is 11.7. The first kappa shape index (κ1) is 12.3. The van der Waals surface area contributed by atoms with E-state index in [-0.39, 0.29) is 18.6 Å². The average Bonchev–Trinajstić information content (AvgIpc) is 1.95. The molecule has 5 heteroatoms. The van der Waals surface area contributed by atoms with Gasteiger partial charge < -0.3 is 19.9 Å².